The summed E-state index contributed by atoms with van der Waals surface area (Å²) >= 11 is 0. The fraction of sp³-hybridized carbons (Fsp3) is 0.0769. The summed E-state index contributed by atoms with van der Waals surface area (Å²) in [4.78, 5) is 13.8. The Kier molecular flexibility index (Phi) is 3.90. The molecule has 110 valence electrons. The Hall–Kier alpha value is -2.48. The molecule has 0 radical (unpaired) electrons. The first-order valence-electron chi connectivity index (χ1n) is 5.78. The van der Waals surface area contributed by atoms with Crippen LogP contribution in [0.1, 0.15) is 16.1 Å². The van der Waals surface area contributed by atoms with Crippen molar-refractivity contribution in [2.24, 2.45) is 0 Å². The standard InChI is InChI=1S/C13H11FN2O4S/c1-8-2-3-10(14)12(6-8)21(19,20)16-9-4-5-15-11(7-9)13(17)18/h2-7H,1H3,(H,15,16)(H,17,18). The number of sulfonamides is 1. The normalized spacial score (nSPS) is 11.1. The summed E-state index contributed by atoms with van der Waals surface area (Å²) < 4.78 is 40.1. The Morgan fingerprint density at radius 1 is 1.29 bits per heavy atom. The third-order valence-electron chi connectivity index (χ3n) is 2.61. The fourth-order valence-electron chi connectivity index (χ4n) is 1.64. The summed E-state index contributed by atoms with van der Waals surface area (Å²) in [7, 11) is -4.15. The van der Waals surface area contributed by atoms with Crippen LogP contribution in [0.3, 0.4) is 0 Å². The zero-order chi connectivity index (χ0) is 15.6. The minimum atomic E-state index is -4.15. The summed E-state index contributed by atoms with van der Waals surface area (Å²) in [5.74, 6) is -2.18. The molecule has 0 saturated heterocycles. The van der Waals surface area contributed by atoms with Crippen molar-refractivity contribution in [3.8, 4) is 0 Å². The number of hydrogen-bond acceptors (Lipinski definition) is 4. The van der Waals surface area contributed by atoms with Crippen molar-refractivity contribution in [3.63, 3.8) is 0 Å². The van der Waals surface area contributed by atoms with Gasteiger partial charge in [-0.1, -0.05) is 6.07 Å². The Morgan fingerprint density at radius 2 is 2.00 bits per heavy atom. The topological polar surface area (TPSA) is 96.4 Å². The van der Waals surface area contributed by atoms with E-state index in [0.717, 1.165) is 18.3 Å². The van der Waals surface area contributed by atoms with Gasteiger partial charge in [0.1, 0.15) is 16.4 Å². The highest BCUT2D eigenvalue weighted by molar-refractivity contribution is 7.92. The molecule has 0 atom stereocenters. The zero-order valence-corrected chi connectivity index (χ0v) is 11.7. The molecule has 21 heavy (non-hydrogen) atoms. The lowest BCUT2D eigenvalue weighted by molar-refractivity contribution is 0.0690. The van der Waals surface area contributed by atoms with Gasteiger partial charge in [-0.25, -0.2) is 22.6 Å². The van der Waals surface area contributed by atoms with Crippen LogP contribution >= 0.6 is 0 Å². The van der Waals surface area contributed by atoms with Crippen molar-refractivity contribution < 1.29 is 22.7 Å². The van der Waals surface area contributed by atoms with Gasteiger partial charge in [-0.15, -0.1) is 0 Å². The predicted molar refractivity (Wildman–Crippen MR) is 73.1 cm³/mol. The second-order valence-electron chi connectivity index (χ2n) is 4.27. The van der Waals surface area contributed by atoms with E-state index in [2.05, 4.69) is 9.71 Å². The molecule has 0 spiro atoms. The maximum atomic E-state index is 13.6. The van der Waals surface area contributed by atoms with E-state index < -0.39 is 26.7 Å². The van der Waals surface area contributed by atoms with Crippen LogP contribution in [0, 0.1) is 12.7 Å². The summed E-state index contributed by atoms with van der Waals surface area (Å²) in [5, 5.41) is 8.81. The van der Waals surface area contributed by atoms with Crippen LogP contribution < -0.4 is 4.72 Å². The van der Waals surface area contributed by atoms with Gasteiger partial charge in [0, 0.05) is 6.20 Å². The first-order valence-corrected chi connectivity index (χ1v) is 7.26. The van der Waals surface area contributed by atoms with Gasteiger partial charge in [0.15, 0.2) is 0 Å². The Bertz CT molecular complexity index is 806. The molecule has 0 aliphatic carbocycles. The molecule has 0 aliphatic heterocycles. The molecule has 2 aromatic rings. The first kappa shape index (κ1) is 14.9. The van der Waals surface area contributed by atoms with Crippen LogP contribution in [-0.2, 0) is 10.0 Å². The molecule has 1 heterocycles. The van der Waals surface area contributed by atoms with Crippen LogP contribution in [0.4, 0.5) is 10.1 Å². The number of nitrogens with zero attached hydrogens (tertiary/aromatic N) is 1. The number of carboxylic acid groups (broad SMARTS) is 1. The van der Waals surface area contributed by atoms with Crippen LogP contribution in [0.5, 0.6) is 0 Å². The number of benzene rings is 1. The third-order valence-corrected chi connectivity index (χ3v) is 4.00. The minimum absolute atomic E-state index is 0.0108. The monoisotopic (exact) mass is 310 g/mol. The number of pyridine rings is 1. The molecular weight excluding hydrogens is 299 g/mol. The lowest BCUT2D eigenvalue weighted by atomic mass is 10.2. The van der Waals surface area contributed by atoms with Crippen molar-refractivity contribution in [2.75, 3.05) is 4.72 Å². The Morgan fingerprint density at radius 3 is 2.67 bits per heavy atom. The molecular formula is C13H11FN2O4S. The zero-order valence-electron chi connectivity index (χ0n) is 10.9. The van der Waals surface area contributed by atoms with E-state index >= 15 is 0 Å². The molecule has 0 amide bonds. The highest BCUT2D eigenvalue weighted by Gasteiger charge is 2.20. The molecule has 0 fully saturated rings. The number of aromatic nitrogens is 1. The minimum Gasteiger partial charge on any atom is -0.477 e. The molecule has 2 N–H and O–H groups in total. The molecule has 0 bridgehead atoms. The highest BCUT2D eigenvalue weighted by Crippen LogP contribution is 2.20. The molecule has 2 rings (SSSR count). The Balaban J connectivity index is 2.40. The molecule has 0 saturated carbocycles. The predicted octanol–water partition coefficient (Wildman–Crippen LogP) is 2.03. The number of nitrogens with one attached hydrogen (secondary N) is 1. The maximum absolute atomic E-state index is 13.6. The number of carboxylic acids is 1. The van der Waals surface area contributed by atoms with E-state index in [4.69, 9.17) is 5.11 Å². The number of anilines is 1. The Labute approximate surface area is 120 Å². The van der Waals surface area contributed by atoms with Gasteiger partial charge >= 0.3 is 5.97 Å². The van der Waals surface area contributed by atoms with Crippen molar-refractivity contribution >= 4 is 21.7 Å². The van der Waals surface area contributed by atoms with Gasteiger partial charge in [0.2, 0.25) is 0 Å². The number of aryl methyl sites for hydroxylation is 1. The summed E-state index contributed by atoms with van der Waals surface area (Å²) in [5.41, 5.74) is 0.251. The van der Waals surface area contributed by atoms with Crippen molar-refractivity contribution in [2.45, 2.75) is 11.8 Å². The van der Waals surface area contributed by atoms with Crippen LogP contribution in [0.15, 0.2) is 41.4 Å². The number of carbonyl (C=O) groups is 1. The average molecular weight is 310 g/mol. The maximum Gasteiger partial charge on any atom is 0.354 e. The van der Waals surface area contributed by atoms with Crippen LogP contribution in [0.2, 0.25) is 0 Å². The van der Waals surface area contributed by atoms with E-state index in [1.165, 1.54) is 18.2 Å². The van der Waals surface area contributed by atoms with Gasteiger partial charge in [-0.05, 0) is 36.8 Å². The van der Waals surface area contributed by atoms with Gasteiger partial charge in [0.25, 0.3) is 10.0 Å². The lowest BCUT2D eigenvalue weighted by Crippen LogP contribution is -2.15. The molecule has 6 nitrogen and oxygen atoms in total. The summed E-state index contributed by atoms with van der Waals surface area (Å²) in [6.07, 6.45) is 1.15. The second kappa shape index (κ2) is 5.49. The van der Waals surface area contributed by atoms with Crippen molar-refractivity contribution in [3.05, 3.63) is 53.6 Å². The summed E-state index contributed by atoms with van der Waals surface area (Å²) in [6.45, 7) is 1.63. The van der Waals surface area contributed by atoms with Gasteiger partial charge in [-0.2, -0.15) is 0 Å². The second-order valence-corrected chi connectivity index (χ2v) is 5.93. The highest BCUT2D eigenvalue weighted by atomic mass is 32.2. The summed E-state index contributed by atoms with van der Waals surface area (Å²) in [6, 6.07) is 6.02. The van der Waals surface area contributed by atoms with Gasteiger partial charge < -0.3 is 5.11 Å². The smallest absolute Gasteiger partial charge is 0.354 e. The molecule has 0 unspecified atom stereocenters. The van der Waals surface area contributed by atoms with E-state index in [-0.39, 0.29) is 11.4 Å². The molecule has 8 heteroatoms. The molecule has 0 aliphatic rings. The molecule has 1 aromatic carbocycles. The quantitative estimate of drug-likeness (QED) is 0.900. The molecule has 1 aromatic heterocycles. The number of hydrogen-bond donors (Lipinski definition) is 2. The van der Waals surface area contributed by atoms with E-state index in [9.17, 15) is 17.6 Å². The SMILES string of the molecule is Cc1ccc(F)c(S(=O)(=O)Nc2ccnc(C(=O)O)c2)c1. The van der Waals surface area contributed by atoms with Crippen LogP contribution in [0.25, 0.3) is 0 Å². The van der Waals surface area contributed by atoms with E-state index in [0.29, 0.717) is 5.56 Å². The third kappa shape index (κ3) is 3.34. The van der Waals surface area contributed by atoms with E-state index in [1.807, 2.05) is 0 Å². The van der Waals surface area contributed by atoms with Crippen molar-refractivity contribution in [1.82, 2.24) is 4.98 Å². The van der Waals surface area contributed by atoms with Crippen molar-refractivity contribution in [1.29, 1.82) is 0 Å². The fourth-order valence-corrected chi connectivity index (χ4v) is 2.85. The number of aromatic carboxylic acids is 1. The first-order chi connectivity index (χ1) is 9.79. The van der Waals surface area contributed by atoms with E-state index in [1.54, 1.807) is 6.92 Å². The lowest BCUT2D eigenvalue weighted by Gasteiger charge is -2.09. The largest absolute Gasteiger partial charge is 0.477 e. The van der Waals surface area contributed by atoms with Gasteiger partial charge in [-0.3, -0.25) is 4.72 Å². The average Bonchev–Trinajstić information content (AvgIpc) is 2.41. The van der Waals surface area contributed by atoms with Gasteiger partial charge in [0.05, 0.1) is 5.69 Å². The number of halogens is 1. The number of rotatable bonds is 4. The van der Waals surface area contributed by atoms with Crippen LogP contribution in [-0.4, -0.2) is 24.5 Å².